The molecule has 4 aromatic rings. The summed E-state index contributed by atoms with van der Waals surface area (Å²) in [5.41, 5.74) is 0.520. The van der Waals surface area contributed by atoms with E-state index in [4.69, 9.17) is 9.47 Å². The Labute approximate surface area is 252 Å². The highest BCUT2D eigenvalue weighted by atomic mass is 32.2. The number of hydrogen-bond donors (Lipinski definition) is 3. The topological polar surface area (TPSA) is 152 Å². The summed E-state index contributed by atoms with van der Waals surface area (Å²) in [5.74, 6) is -2.62. The minimum absolute atomic E-state index is 0.0334. The van der Waals surface area contributed by atoms with Crippen LogP contribution >= 0.6 is 0 Å². The predicted octanol–water partition coefficient (Wildman–Crippen LogP) is 4.31. The quantitative estimate of drug-likeness (QED) is 0.206. The molecule has 1 heterocycles. The Morgan fingerprint density at radius 2 is 1.75 bits per heavy atom. The second-order valence-corrected chi connectivity index (χ2v) is 12.1. The van der Waals surface area contributed by atoms with E-state index in [2.05, 4.69) is 15.7 Å². The Hall–Kier alpha value is -4.60. The van der Waals surface area contributed by atoms with Gasteiger partial charge < -0.3 is 30.1 Å². The van der Waals surface area contributed by atoms with E-state index in [1.807, 2.05) is 25.9 Å². The van der Waals surface area contributed by atoms with Gasteiger partial charge in [-0.3, -0.25) is 4.79 Å². The number of fused-ring (bicyclic) bond motifs is 1. The molecule has 0 saturated carbocycles. The van der Waals surface area contributed by atoms with E-state index in [1.165, 1.54) is 19.2 Å². The number of amides is 1. The maximum atomic E-state index is 13.8. The first-order valence-electron chi connectivity index (χ1n) is 13.3. The lowest BCUT2D eigenvalue weighted by Crippen LogP contribution is -2.24. The molecule has 12 nitrogen and oxygen atoms in total. The van der Waals surface area contributed by atoms with Gasteiger partial charge in [-0.15, -0.1) is 5.10 Å². The van der Waals surface area contributed by atoms with Gasteiger partial charge in [0.25, 0.3) is 5.91 Å². The minimum atomic E-state index is -4.44. The van der Waals surface area contributed by atoms with Gasteiger partial charge in [-0.2, -0.15) is 4.68 Å². The van der Waals surface area contributed by atoms with Crippen LogP contribution < -0.4 is 15.4 Å². The van der Waals surface area contributed by atoms with Crippen molar-refractivity contribution in [2.45, 2.75) is 22.8 Å². The first-order valence-corrected chi connectivity index (χ1v) is 14.7. The lowest BCUT2D eigenvalue weighted by atomic mass is 10.1. The number of likely N-dealkylation sites (N-methyl/N-ethyl adjacent to an activating group) is 1. The van der Waals surface area contributed by atoms with Gasteiger partial charge in [0.05, 0.1) is 33.2 Å². The summed E-state index contributed by atoms with van der Waals surface area (Å²) in [6, 6.07) is 9.77. The Balaban J connectivity index is 1.74. The summed E-state index contributed by atoms with van der Waals surface area (Å²) >= 11 is 0. The molecule has 15 heteroatoms. The Bertz CT molecular complexity index is 1790. The molecule has 1 atom stereocenters. The van der Waals surface area contributed by atoms with Crippen LogP contribution in [0.15, 0.2) is 64.4 Å². The molecule has 0 spiro atoms. The molecular weight excluding hydrogens is 600 g/mol. The van der Waals surface area contributed by atoms with E-state index in [-0.39, 0.29) is 28.3 Å². The van der Waals surface area contributed by atoms with Crippen LogP contribution in [0.1, 0.15) is 17.3 Å². The smallest absolute Gasteiger partial charge is 0.432 e. The van der Waals surface area contributed by atoms with Gasteiger partial charge in [-0.25, -0.2) is 22.0 Å². The largest absolute Gasteiger partial charge is 0.492 e. The molecule has 3 aromatic carbocycles. The molecule has 3 N–H and O–H groups in total. The molecular formula is C29H31F2N5O7S. The Morgan fingerprint density at radius 1 is 1.05 bits per heavy atom. The molecule has 1 amide bonds. The fourth-order valence-electron chi connectivity index (χ4n) is 4.33. The van der Waals surface area contributed by atoms with E-state index in [9.17, 15) is 31.9 Å². The number of methoxy groups -OCH3 is 1. The monoisotopic (exact) mass is 631 g/mol. The molecule has 0 bridgehead atoms. The SMILES string of the molecule is COC[C@H](C)Nc1cc(OCCN(C)C)ccc1C(=O)Nc1nn(C(=O)O)c2ccc(S(=O)(=O)c3cc(F)cc(F)c3)cc12. The Kier molecular flexibility index (Phi) is 9.81. The fourth-order valence-corrected chi connectivity index (χ4v) is 5.66. The maximum absolute atomic E-state index is 13.8. The molecule has 0 aliphatic carbocycles. The second-order valence-electron chi connectivity index (χ2n) is 10.1. The van der Waals surface area contributed by atoms with Crippen molar-refractivity contribution in [2.75, 3.05) is 51.6 Å². The zero-order valence-corrected chi connectivity index (χ0v) is 25.1. The lowest BCUT2D eigenvalue weighted by molar-refractivity contribution is 0.102. The number of rotatable bonds is 12. The number of nitrogens with one attached hydrogen (secondary N) is 2. The number of hydrogen-bond acceptors (Lipinski definition) is 9. The highest BCUT2D eigenvalue weighted by Crippen LogP contribution is 2.31. The maximum Gasteiger partial charge on any atom is 0.432 e. The molecule has 0 radical (unpaired) electrons. The number of ether oxygens (including phenoxy) is 2. The summed E-state index contributed by atoms with van der Waals surface area (Å²) < 4.78 is 65.6. The van der Waals surface area contributed by atoms with Crippen molar-refractivity contribution in [3.05, 3.63) is 71.8 Å². The van der Waals surface area contributed by atoms with Gasteiger partial charge in [0, 0.05) is 37.2 Å². The van der Waals surface area contributed by atoms with Crippen LogP contribution in [0.2, 0.25) is 0 Å². The number of carbonyl (C=O) groups is 2. The number of benzene rings is 3. The summed E-state index contributed by atoms with van der Waals surface area (Å²) in [4.78, 5) is 26.4. The van der Waals surface area contributed by atoms with Crippen molar-refractivity contribution in [3.8, 4) is 5.75 Å². The van der Waals surface area contributed by atoms with E-state index in [0.717, 1.165) is 12.1 Å². The zero-order chi connectivity index (χ0) is 32.2. The van der Waals surface area contributed by atoms with Gasteiger partial charge in [0.1, 0.15) is 24.0 Å². The summed E-state index contributed by atoms with van der Waals surface area (Å²) in [5, 5.41) is 19.4. The van der Waals surface area contributed by atoms with E-state index >= 15 is 0 Å². The predicted molar refractivity (Wildman–Crippen MR) is 158 cm³/mol. The van der Waals surface area contributed by atoms with Crippen LogP contribution in [-0.4, -0.2) is 87.2 Å². The molecule has 4 rings (SSSR count). The number of carboxylic acid groups (broad SMARTS) is 1. The summed E-state index contributed by atoms with van der Waals surface area (Å²) in [7, 11) is 0.910. The third-order valence-corrected chi connectivity index (χ3v) is 8.11. The normalized spacial score (nSPS) is 12.3. The van der Waals surface area contributed by atoms with Crippen LogP contribution in [0.4, 0.5) is 25.1 Å². The van der Waals surface area contributed by atoms with E-state index in [1.54, 1.807) is 12.1 Å². The molecule has 44 heavy (non-hydrogen) atoms. The lowest BCUT2D eigenvalue weighted by Gasteiger charge is -2.19. The third kappa shape index (κ3) is 7.30. The van der Waals surface area contributed by atoms with E-state index < -0.39 is 43.3 Å². The molecule has 0 fully saturated rings. The number of nitrogens with zero attached hydrogens (tertiary/aromatic N) is 3. The summed E-state index contributed by atoms with van der Waals surface area (Å²) in [6.45, 7) is 3.24. The molecule has 0 unspecified atom stereocenters. The van der Waals surface area contributed by atoms with Gasteiger partial charge in [0.2, 0.25) is 9.84 Å². The molecule has 234 valence electrons. The van der Waals surface area contributed by atoms with Crippen LogP contribution in [0.25, 0.3) is 10.9 Å². The van der Waals surface area contributed by atoms with E-state index in [0.29, 0.717) is 54.1 Å². The summed E-state index contributed by atoms with van der Waals surface area (Å²) in [6.07, 6.45) is -1.49. The van der Waals surface area contributed by atoms with Crippen LogP contribution in [0, 0.1) is 11.6 Å². The number of carbonyl (C=O) groups excluding carboxylic acids is 1. The first-order chi connectivity index (χ1) is 20.8. The average Bonchev–Trinajstić information content (AvgIpc) is 3.30. The van der Waals surface area contributed by atoms with Crippen molar-refractivity contribution < 1.29 is 41.4 Å². The number of halogens is 2. The van der Waals surface area contributed by atoms with Crippen molar-refractivity contribution in [1.29, 1.82) is 0 Å². The minimum Gasteiger partial charge on any atom is -0.492 e. The average molecular weight is 632 g/mol. The standard InChI is InChI=1S/C29H31F2N5O7S/c1-17(16-42-4)32-25-14-20(43-10-9-35(2)3)5-7-23(25)28(37)33-27-24-15-21(6-8-26(24)36(34-27)29(38)39)44(40,41)22-12-18(30)11-19(31)13-22/h5-8,11-15,17,32H,9-10,16H2,1-4H3,(H,38,39)(H,33,34,37)/t17-/m0/s1. The van der Waals surface area contributed by atoms with Crippen LogP contribution in [-0.2, 0) is 14.6 Å². The van der Waals surface area contributed by atoms with Crippen molar-refractivity contribution >= 4 is 44.2 Å². The zero-order valence-electron chi connectivity index (χ0n) is 24.3. The van der Waals surface area contributed by atoms with Crippen molar-refractivity contribution in [1.82, 2.24) is 14.7 Å². The first kappa shape index (κ1) is 32.3. The molecule has 0 aliphatic heterocycles. The van der Waals surface area contributed by atoms with Crippen molar-refractivity contribution in [3.63, 3.8) is 0 Å². The van der Waals surface area contributed by atoms with Gasteiger partial charge in [-0.05, 0) is 63.5 Å². The number of aromatic nitrogens is 2. The molecule has 0 saturated heterocycles. The van der Waals surface area contributed by atoms with Gasteiger partial charge in [0.15, 0.2) is 5.82 Å². The highest BCUT2D eigenvalue weighted by molar-refractivity contribution is 7.91. The van der Waals surface area contributed by atoms with Crippen molar-refractivity contribution in [2.24, 2.45) is 0 Å². The highest BCUT2D eigenvalue weighted by Gasteiger charge is 2.25. The van der Waals surface area contributed by atoms with Gasteiger partial charge >= 0.3 is 6.09 Å². The van der Waals surface area contributed by atoms with Gasteiger partial charge in [-0.1, -0.05) is 0 Å². The number of anilines is 2. The Morgan fingerprint density at radius 3 is 2.39 bits per heavy atom. The van der Waals surface area contributed by atoms with Crippen LogP contribution in [0.5, 0.6) is 5.75 Å². The van der Waals surface area contributed by atoms with Crippen LogP contribution in [0.3, 0.4) is 0 Å². The molecule has 1 aromatic heterocycles. The third-order valence-electron chi connectivity index (χ3n) is 6.38. The number of sulfone groups is 1. The second kappa shape index (κ2) is 13.4. The fraction of sp³-hybridized carbons (Fsp3) is 0.276. The molecule has 0 aliphatic rings.